The lowest BCUT2D eigenvalue weighted by molar-refractivity contribution is 0.350. The smallest absolute Gasteiger partial charge is 0.127 e. The molecule has 4 heteroatoms. The van der Waals surface area contributed by atoms with E-state index >= 15 is 0 Å². The molecule has 0 amide bonds. The summed E-state index contributed by atoms with van der Waals surface area (Å²) in [5.41, 5.74) is 3.55. The largest absolute Gasteiger partial charge is 0.496 e. The van der Waals surface area contributed by atoms with Crippen molar-refractivity contribution in [2.75, 3.05) is 20.8 Å². The van der Waals surface area contributed by atoms with Gasteiger partial charge in [0.25, 0.3) is 0 Å². The lowest BCUT2D eigenvalue weighted by Gasteiger charge is -2.22. The maximum absolute atomic E-state index is 5.84. The maximum atomic E-state index is 5.84. The van der Waals surface area contributed by atoms with Gasteiger partial charge in [0.15, 0.2) is 0 Å². The number of hydrogen-bond donors (Lipinski definition) is 1. The minimum absolute atomic E-state index is 0.0427. The third kappa shape index (κ3) is 2.65. The maximum Gasteiger partial charge on any atom is 0.127 e. The standard InChI is InChI=1S/C17H18BrNO2/c1-19-16(13-7-6-12(18)10-15(13)20-2)14-5-3-4-11-8-9-21-17(11)14/h3-7,10,16,19H,8-9H2,1-2H3. The number of hydrogen-bond acceptors (Lipinski definition) is 3. The topological polar surface area (TPSA) is 30.5 Å². The number of halogens is 1. The molecule has 2 aromatic carbocycles. The minimum atomic E-state index is 0.0427. The number of fused-ring (bicyclic) bond motifs is 1. The van der Waals surface area contributed by atoms with Gasteiger partial charge in [0, 0.05) is 22.0 Å². The highest BCUT2D eigenvalue weighted by atomic mass is 79.9. The molecule has 0 fully saturated rings. The van der Waals surface area contributed by atoms with E-state index in [1.54, 1.807) is 7.11 Å². The molecule has 1 atom stereocenters. The molecule has 1 N–H and O–H groups in total. The van der Waals surface area contributed by atoms with Gasteiger partial charge < -0.3 is 14.8 Å². The summed E-state index contributed by atoms with van der Waals surface area (Å²) in [4.78, 5) is 0. The van der Waals surface area contributed by atoms with Crippen LogP contribution in [-0.2, 0) is 6.42 Å². The van der Waals surface area contributed by atoms with Crippen molar-refractivity contribution in [3.8, 4) is 11.5 Å². The summed E-state index contributed by atoms with van der Waals surface area (Å²) >= 11 is 3.49. The van der Waals surface area contributed by atoms with E-state index in [1.165, 1.54) is 5.56 Å². The van der Waals surface area contributed by atoms with Crippen LogP contribution in [0.2, 0.25) is 0 Å². The summed E-state index contributed by atoms with van der Waals surface area (Å²) in [6, 6.07) is 12.5. The van der Waals surface area contributed by atoms with Gasteiger partial charge in [-0.3, -0.25) is 0 Å². The Morgan fingerprint density at radius 2 is 2.10 bits per heavy atom. The molecule has 1 aliphatic rings. The lowest BCUT2D eigenvalue weighted by Crippen LogP contribution is -2.19. The Bertz CT molecular complexity index is 657. The molecule has 1 heterocycles. The Labute approximate surface area is 133 Å². The van der Waals surface area contributed by atoms with Crippen LogP contribution < -0.4 is 14.8 Å². The predicted molar refractivity (Wildman–Crippen MR) is 87.2 cm³/mol. The molecule has 110 valence electrons. The predicted octanol–water partition coefficient (Wildman–Crippen LogP) is 3.70. The summed E-state index contributed by atoms with van der Waals surface area (Å²) < 4.78 is 12.4. The molecule has 0 bridgehead atoms. The van der Waals surface area contributed by atoms with Gasteiger partial charge in [0.2, 0.25) is 0 Å². The molecule has 3 rings (SSSR count). The van der Waals surface area contributed by atoms with Crippen LogP contribution in [0.4, 0.5) is 0 Å². The van der Waals surface area contributed by atoms with Crippen LogP contribution in [0.15, 0.2) is 40.9 Å². The van der Waals surface area contributed by atoms with Crippen molar-refractivity contribution in [3.05, 3.63) is 57.6 Å². The molecule has 0 aromatic heterocycles. The Morgan fingerprint density at radius 1 is 1.24 bits per heavy atom. The van der Waals surface area contributed by atoms with Gasteiger partial charge in [0.05, 0.1) is 19.8 Å². The normalized spacial score (nSPS) is 14.4. The Balaban J connectivity index is 2.09. The molecule has 2 aromatic rings. The lowest BCUT2D eigenvalue weighted by atomic mass is 9.95. The highest BCUT2D eigenvalue weighted by Crippen LogP contribution is 2.39. The monoisotopic (exact) mass is 347 g/mol. The zero-order valence-electron chi connectivity index (χ0n) is 12.2. The van der Waals surface area contributed by atoms with E-state index in [0.717, 1.165) is 40.1 Å². The van der Waals surface area contributed by atoms with E-state index in [-0.39, 0.29) is 6.04 Å². The Morgan fingerprint density at radius 3 is 2.86 bits per heavy atom. The molecule has 0 aliphatic carbocycles. The second-order valence-electron chi connectivity index (χ2n) is 5.04. The average molecular weight is 348 g/mol. The van der Waals surface area contributed by atoms with Gasteiger partial charge >= 0.3 is 0 Å². The number of para-hydroxylation sites is 1. The molecule has 0 saturated carbocycles. The van der Waals surface area contributed by atoms with Crippen LogP contribution >= 0.6 is 15.9 Å². The highest BCUT2D eigenvalue weighted by Gasteiger charge is 2.24. The number of ether oxygens (including phenoxy) is 2. The summed E-state index contributed by atoms with van der Waals surface area (Å²) in [5, 5.41) is 3.38. The van der Waals surface area contributed by atoms with Crippen molar-refractivity contribution in [2.24, 2.45) is 0 Å². The van der Waals surface area contributed by atoms with Crippen LogP contribution in [0.5, 0.6) is 11.5 Å². The number of methoxy groups -OCH3 is 1. The SMILES string of the molecule is CNC(c1ccc(Br)cc1OC)c1cccc2c1OCC2. The molecule has 21 heavy (non-hydrogen) atoms. The fourth-order valence-electron chi connectivity index (χ4n) is 2.87. The molecule has 1 aliphatic heterocycles. The number of benzene rings is 2. The third-order valence-electron chi connectivity index (χ3n) is 3.85. The van der Waals surface area contributed by atoms with Gasteiger partial charge in [0.1, 0.15) is 11.5 Å². The Hall–Kier alpha value is -1.52. The van der Waals surface area contributed by atoms with Crippen molar-refractivity contribution in [1.82, 2.24) is 5.32 Å². The zero-order valence-corrected chi connectivity index (χ0v) is 13.7. The van der Waals surface area contributed by atoms with Crippen LogP contribution in [0.3, 0.4) is 0 Å². The fraction of sp³-hybridized carbons (Fsp3) is 0.294. The highest BCUT2D eigenvalue weighted by molar-refractivity contribution is 9.10. The molecule has 1 unspecified atom stereocenters. The Kier molecular flexibility index (Phi) is 4.17. The van der Waals surface area contributed by atoms with E-state index in [4.69, 9.17) is 9.47 Å². The van der Waals surface area contributed by atoms with Gasteiger partial charge in [-0.1, -0.05) is 40.2 Å². The van der Waals surface area contributed by atoms with Gasteiger partial charge in [-0.2, -0.15) is 0 Å². The van der Waals surface area contributed by atoms with Crippen LogP contribution in [0.25, 0.3) is 0 Å². The van der Waals surface area contributed by atoms with Crippen molar-refractivity contribution in [1.29, 1.82) is 0 Å². The first-order valence-electron chi connectivity index (χ1n) is 7.00. The number of rotatable bonds is 4. The summed E-state index contributed by atoms with van der Waals surface area (Å²) in [7, 11) is 3.66. The van der Waals surface area contributed by atoms with E-state index in [1.807, 2.05) is 19.2 Å². The second-order valence-corrected chi connectivity index (χ2v) is 5.96. The third-order valence-corrected chi connectivity index (χ3v) is 4.34. The minimum Gasteiger partial charge on any atom is -0.496 e. The van der Waals surface area contributed by atoms with Crippen LogP contribution in [-0.4, -0.2) is 20.8 Å². The van der Waals surface area contributed by atoms with E-state index in [9.17, 15) is 0 Å². The van der Waals surface area contributed by atoms with Crippen molar-refractivity contribution in [3.63, 3.8) is 0 Å². The quantitative estimate of drug-likeness (QED) is 0.914. The van der Waals surface area contributed by atoms with Gasteiger partial charge in [-0.05, 0) is 24.7 Å². The fourth-order valence-corrected chi connectivity index (χ4v) is 3.21. The van der Waals surface area contributed by atoms with E-state index in [2.05, 4.69) is 45.5 Å². The van der Waals surface area contributed by atoms with Crippen LogP contribution in [0.1, 0.15) is 22.7 Å². The molecule has 3 nitrogen and oxygen atoms in total. The summed E-state index contributed by atoms with van der Waals surface area (Å²) in [5.74, 6) is 1.88. The summed E-state index contributed by atoms with van der Waals surface area (Å²) in [6.45, 7) is 0.764. The van der Waals surface area contributed by atoms with Gasteiger partial charge in [-0.25, -0.2) is 0 Å². The first kappa shape index (κ1) is 14.4. The van der Waals surface area contributed by atoms with Crippen LogP contribution in [0, 0.1) is 0 Å². The second kappa shape index (κ2) is 6.08. The zero-order chi connectivity index (χ0) is 14.8. The van der Waals surface area contributed by atoms with Crippen molar-refractivity contribution in [2.45, 2.75) is 12.5 Å². The van der Waals surface area contributed by atoms with Crippen molar-refractivity contribution < 1.29 is 9.47 Å². The van der Waals surface area contributed by atoms with Crippen molar-refractivity contribution >= 4 is 15.9 Å². The average Bonchev–Trinajstić information content (AvgIpc) is 2.98. The molecule has 0 spiro atoms. The summed E-state index contributed by atoms with van der Waals surface area (Å²) in [6.07, 6.45) is 0.983. The first-order chi connectivity index (χ1) is 10.2. The van der Waals surface area contributed by atoms with E-state index in [0.29, 0.717) is 0 Å². The number of nitrogens with one attached hydrogen (secondary N) is 1. The molecule has 0 saturated heterocycles. The first-order valence-corrected chi connectivity index (χ1v) is 7.79. The van der Waals surface area contributed by atoms with E-state index < -0.39 is 0 Å². The van der Waals surface area contributed by atoms with Gasteiger partial charge in [-0.15, -0.1) is 0 Å². The molecular weight excluding hydrogens is 330 g/mol. The molecule has 0 radical (unpaired) electrons. The molecular formula is C17H18BrNO2.